The Morgan fingerprint density at radius 1 is 1.17 bits per heavy atom. The third-order valence-corrected chi connectivity index (χ3v) is 5.69. The number of aryl methyl sites for hydroxylation is 3. The smallest absolute Gasteiger partial charge is 0.293 e. The highest BCUT2D eigenvalue weighted by molar-refractivity contribution is 7.91. The molecule has 3 rings (SSSR count). The van der Waals surface area contributed by atoms with Gasteiger partial charge in [0.2, 0.25) is 5.82 Å². The van der Waals surface area contributed by atoms with Crippen LogP contribution in [0.15, 0.2) is 18.2 Å². The van der Waals surface area contributed by atoms with Gasteiger partial charge in [0.1, 0.15) is 5.82 Å². The molecule has 122 valence electrons. The second kappa shape index (κ2) is 5.77. The number of anilines is 1. The Balaban J connectivity index is 1.84. The number of carbonyl (C=O) groups excluding carboxylic acids is 1. The van der Waals surface area contributed by atoms with E-state index in [0.717, 1.165) is 11.1 Å². The number of amides is 1. The first-order valence-corrected chi connectivity index (χ1v) is 9.19. The summed E-state index contributed by atoms with van der Waals surface area (Å²) in [6.07, 6.45) is 0.284. The maximum atomic E-state index is 12.4. The molecule has 1 aromatic carbocycles. The van der Waals surface area contributed by atoms with Crippen molar-refractivity contribution in [2.75, 3.05) is 16.8 Å². The fourth-order valence-electron chi connectivity index (χ4n) is 2.51. The van der Waals surface area contributed by atoms with Gasteiger partial charge in [-0.05, 0) is 37.1 Å². The van der Waals surface area contributed by atoms with Crippen molar-refractivity contribution in [3.63, 3.8) is 0 Å². The summed E-state index contributed by atoms with van der Waals surface area (Å²) in [5.41, 5.74) is 2.90. The number of benzene rings is 1. The molecule has 8 heteroatoms. The van der Waals surface area contributed by atoms with Crippen LogP contribution in [0.25, 0.3) is 0 Å². The minimum Gasteiger partial charge on any atom is -0.319 e. The van der Waals surface area contributed by atoms with E-state index >= 15 is 0 Å². The van der Waals surface area contributed by atoms with Gasteiger partial charge in [0.05, 0.1) is 11.5 Å². The Morgan fingerprint density at radius 3 is 2.70 bits per heavy atom. The topological polar surface area (TPSA) is 93.9 Å². The molecule has 1 aliphatic heterocycles. The highest BCUT2D eigenvalue weighted by Gasteiger charge is 2.25. The second-order valence-electron chi connectivity index (χ2n) is 5.75. The van der Waals surface area contributed by atoms with Crippen LogP contribution in [0.3, 0.4) is 0 Å². The predicted octanol–water partition coefficient (Wildman–Crippen LogP) is 1.12. The van der Waals surface area contributed by atoms with Crippen LogP contribution < -0.4 is 5.32 Å². The van der Waals surface area contributed by atoms with Gasteiger partial charge in [-0.3, -0.25) is 4.79 Å². The van der Waals surface area contributed by atoms with Crippen molar-refractivity contribution in [1.82, 2.24) is 14.8 Å². The number of hydrogen-bond acceptors (Lipinski definition) is 5. The SMILES string of the molecule is Cc1ccc(NC(=O)c2nnc3n2CCS(=O)(=O)CC3)cc1C. The molecule has 0 atom stereocenters. The predicted molar refractivity (Wildman–Crippen MR) is 86.2 cm³/mol. The standard InChI is InChI=1S/C15H18N4O3S/c1-10-3-4-12(9-11(10)2)16-15(20)14-18-17-13-5-7-23(21,22)8-6-19(13)14/h3-4,9H,5-8H2,1-2H3,(H,16,20). The number of sulfone groups is 1. The largest absolute Gasteiger partial charge is 0.319 e. The summed E-state index contributed by atoms with van der Waals surface area (Å²) in [4.78, 5) is 12.4. The monoisotopic (exact) mass is 334 g/mol. The van der Waals surface area contributed by atoms with Crippen LogP contribution in [-0.4, -0.2) is 40.6 Å². The highest BCUT2D eigenvalue weighted by Crippen LogP contribution is 2.16. The van der Waals surface area contributed by atoms with Crippen LogP contribution >= 0.6 is 0 Å². The van der Waals surface area contributed by atoms with E-state index in [1.54, 1.807) is 4.57 Å². The van der Waals surface area contributed by atoms with Crippen molar-refractivity contribution in [3.05, 3.63) is 41.0 Å². The Bertz CT molecular complexity index is 871. The minimum atomic E-state index is -3.09. The van der Waals surface area contributed by atoms with Gasteiger partial charge in [0.15, 0.2) is 9.84 Å². The van der Waals surface area contributed by atoms with Crippen molar-refractivity contribution in [1.29, 1.82) is 0 Å². The second-order valence-corrected chi connectivity index (χ2v) is 8.05. The van der Waals surface area contributed by atoms with Crippen molar-refractivity contribution >= 4 is 21.4 Å². The number of aromatic nitrogens is 3. The maximum Gasteiger partial charge on any atom is 0.293 e. The first-order chi connectivity index (χ1) is 10.9. The summed E-state index contributed by atoms with van der Waals surface area (Å²) in [7, 11) is -3.09. The molecule has 0 unspecified atom stereocenters. The lowest BCUT2D eigenvalue weighted by atomic mass is 10.1. The number of rotatable bonds is 2. The van der Waals surface area contributed by atoms with Gasteiger partial charge in [0, 0.05) is 18.7 Å². The third kappa shape index (κ3) is 3.26. The average molecular weight is 334 g/mol. The molecule has 0 fully saturated rings. The molecule has 0 saturated heterocycles. The molecule has 23 heavy (non-hydrogen) atoms. The summed E-state index contributed by atoms with van der Waals surface area (Å²) in [6.45, 7) is 4.18. The van der Waals surface area contributed by atoms with Crippen molar-refractivity contribution in [3.8, 4) is 0 Å². The Hall–Kier alpha value is -2.22. The number of nitrogens with one attached hydrogen (secondary N) is 1. The number of carbonyl (C=O) groups is 1. The maximum absolute atomic E-state index is 12.4. The molecule has 1 amide bonds. The Labute approximate surface area is 134 Å². The van der Waals surface area contributed by atoms with Gasteiger partial charge in [-0.15, -0.1) is 10.2 Å². The fourth-order valence-corrected chi connectivity index (χ4v) is 3.67. The molecule has 0 radical (unpaired) electrons. The molecule has 1 N–H and O–H groups in total. The highest BCUT2D eigenvalue weighted by atomic mass is 32.2. The fraction of sp³-hybridized carbons (Fsp3) is 0.400. The number of fused-ring (bicyclic) bond motifs is 1. The van der Waals surface area contributed by atoms with E-state index in [-0.39, 0.29) is 36.2 Å². The third-order valence-electron chi connectivity index (χ3n) is 4.06. The molecule has 0 saturated carbocycles. The molecule has 2 heterocycles. The molecule has 1 aliphatic rings. The van der Waals surface area contributed by atoms with E-state index < -0.39 is 9.84 Å². The lowest BCUT2D eigenvalue weighted by molar-refractivity contribution is 0.101. The zero-order chi connectivity index (χ0) is 16.6. The van der Waals surface area contributed by atoms with Gasteiger partial charge in [0.25, 0.3) is 5.91 Å². The van der Waals surface area contributed by atoms with Gasteiger partial charge in [-0.2, -0.15) is 0 Å². The number of hydrogen-bond donors (Lipinski definition) is 1. The van der Waals surface area contributed by atoms with Gasteiger partial charge < -0.3 is 9.88 Å². The summed E-state index contributed by atoms with van der Waals surface area (Å²) in [5, 5.41) is 10.7. The molecule has 1 aromatic heterocycles. The Morgan fingerprint density at radius 2 is 1.96 bits per heavy atom. The van der Waals surface area contributed by atoms with Crippen LogP contribution in [0.2, 0.25) is 0 Å². The van der Waals surface area contributed by atoms with Crippen LogP contribution in [0.1, 0.15) is 27.6 Å². The molecule has 0 bridgehead atoms. The molecule has 7 nitrogen and oxygen atoms in total. The van der Waals surface area contributed by atoms with Gasteiger partial charge >= 0.3 is 0 Å². The minimum absolute atomic E-state index is 0.00194. The Kier molecular flexibility index (Phi) is 3.93. The quantitative estimate of drug-likeness (QED) is 0.888. The van der Waals surface area contributed by atoms with E-state index in [1.165, 1.54) is 0 Å². The zero-order valence-corrected chi connectivity index (χ0v) is 13.9. The van der Waals surface area contributed by atoms with Crippen molar-refractivity contribution < 1.29 is 13.2 Å². The lowest BCUT2D eigenvalue weighted by Gasteiger charge is -2.09. The van der Waals surface area contributed by atoms with E-state index in [9.17, 15) is 13.2 Å². The normalized spacial score (nSPS) is 16.4. The van der Waals surface area contributed by atoms with Gasteiger partial charge in [-0.25, -0.2) is 8.42 Å². The van der Waals surface area contributed by atoms with Crippen molar-refractivity contribution in [2.24, 2.45) is 0 Å². The first kappa shape index (κ1) is 15.7. The molecule has 2 aromatic rings. The first-order valence-electron chi connectivity index (χ1n) is 7.37. The summed E-state index contributed by atoms with van der Waals surface area (Å²) in [6, 6.07) is 5.64. The molecular weight excluding hydrogens is 316 g/mol. The van der Waals surface area contributed by atoms with E-state index in [4.69, 9.17) is 0 Å². The average Bonchev–Trinajstić information content (AvgIpc) is 2.84. The molecule has 0 aliphatic carbocycles. The van der Waals surface area contributed by atoms with E-state index in [2.05, 4.69) is 15.5 Å². The van der Waals surface area contributed by atoms with Crippen LogP contribution in [0.4, 0.5) is 5.69 Å². The summed E-state index contributed by atoms with van der Waals surface area (Å²) in [5.74, 6) is 0.351. The zero-order valence-electron chi connectivity index (χ0n) is 13.0. The number of nitrogens with zero attached hydrogens (tertiary/aromatic N) is 3. The van der Waals surface area contributed by atoms with Crippen molar-refractivity contribution in [2.45, 2.75) is 26.8 Å². The van der Waals surface area contributed by atoms with Crippen LogP contribution in [0.5, 0.6) is 0 Å². The van der Waals surface area contributed by atoms with Crippen LogP contribution in [0, 0.1) is 13.8 Å². The van der Waals surface area contributed by atoms with Crippen LogP contribution in [-0.2, 0) is 22.8 Å². The summed E-state index contributed by atoms with van der Waals surface area (Å²) >= 11 is 0. The lowest BCUT2D eigenvalue weighted by Crippen LogP contribution is -2.20. The van der Waals surface area contributed by atoms with E-state index in [0.29, 0.717) is 11.5 Å². The molecule has 0 spiro atoms. The molecular formula is C15H18N4O3S. The van der Waals surface area contributed by atoms with E-state index in [1.807, 2.05) is 32.0 Å². The van der Waals surface area contributed by atoms with Gasteiger partial charge in [-0.1, -0.05) is 6.07 Å². The summed E-state index contributed by atoms with van der Waals surface area (Å²) < 4.78 is 25.0.